The molecule has 0 saturated heterocycles. The zero-order chi connectivity index (χ0) is 11.4. The quantitative estimate of drug-likeness (QED) is 0.792. The average molecular weight is 215 g/mol. The molecule has 0 aliphatic heterocycles. The van der Waals surface area contributed by atoms with Crippen molar-refractivity contribution in [3.05, 3.63) is 35.4 Å². The number of carbonyl (C=O) groups is 1. The molecule has 1 aromatic carbocycles. The van der Waals surface area contributed by atoms with Crippen molar-refractivity contribution in [1.29, 1.82) is 0 Å². The normalized spacial score (nSPS) is 12.5. The molecule has 82 valence electrons. The highest BCUT2D eigenvalue weighted by Gasteiger charge is 2.18. The van der Waals surface area contributed by atoms with Gasteiger partial charge >= 0.3 is 5.97 Å². The lowest BCUT2D eigenvalue weighted by molar-refractivity contribution is -0.141. The first-order valence-electron chi connectivity index (χ1n) is 4.41. The van der Waals surface area contributed by atoms with E-state index in [1.807, 2.05) is 0 Å². The number of hydrogen-bond acceptors (Lipinski definition) is 2. The molecule has 1 aromatic rings. The molecule has 15 heavy (non-hydrogen) atoms. The second-order valence-electron chi connectivity index (χ2n) is 3.21. The maximum absolute atomic E-state index is 13.1. The van der Waals surface area contributed by atoms with Crippen LogP contribution in [0.15, 0.2) is 18.2 Å². The number of aliphatic carboxylic acids is 1. The number of rotatable bonds is 4. The van der Waals surface area contributed by atoms with E-state index in [0.717, 1.165) is 18.2 Å². The van der Waals surface area contributed by atoms with E-state index in [2.05, 4.69) is 0 Å². The van der Waals surface area contributed by atoms with E-state index in [1.54, 1.807) is 0 Å². The van der Waals surface area contributed by atoms with Crippen LogP contribution >= 0.6 is 0 Å². The molecule has 0 fully saturated rings. The molecule has 0 bridgehead atoms. The van der Waals surface area contributed by atoms with Crippen LogP contribution in [0.3, 0.4) is 0 Å². The lowest BCUT2D eigenvalue weighted by Crippen LogP contribution is -2.25. The number of carboxylic acids is 1. The fourth-order valence-electron chi connectivity index (χ4n) is 1.24. The summed E-state index contributed by atoms with van der Waals surface area (Å²) < 4.78 is 25.9. The number of benzene rings is 1. The first-order chi connectivity index (χ1) is 7.04. The second kappa shape index (κ2) is 4.84. The van der Waals surface area contributed by atoms with Crippen LogP contribution in [0.2, 0.25) is 0 Å². The molecule has 0 aliphatic rings. The van der Waals surface area contributed by atoms with Gasteiger partial charge in [0, 0.05) is 6.54 Å². The molecule has 5 heteroatoms. The summed E-state index contributed by atoms with van der Waals surface area (Å²) in [4.78, 5) is 10.6. The minimum absolute atomic E-state index is 0.0350. The van der Waals surface area contributed by atoms with E-state index in [-0.39, 0.29) is 18.5 Å². The van der Waals surface area contributed by atoms with Crippen molar-refractivity contribution >= 4 is 5.97 Å². The first-order valence-corrected chi connectivity index (χ1v) is 4.41. The SMILES string of the molecule is NC[C@H](Cc1cc(F)ccc1F)C(=O)O. The van der Waals surface area contributed by atoms with Crippen LogP contribution in [0.4, 0.5) is 8.78 Å². The molecule has 0 aromatic heterocycles. The Morgan fingerprint density at radius 3 is 2.67 bits per heavy atom. The fourth-order valence-corrected chi connectivity index (χ4v) is 1.24. The average Bonchev–Trinajstić information content (AvgIpc) is 2.18. The standard InChI is InChI=1S/C10H11F2NO2/c11-8-1-2-9(12)6(4-8)3-7(5-13)10(14)15/h1-2,4,7H,3,5,13H2,(H,14,15)/t7-/m0/s1. The van der Waals surface area contributed by atoms with Crippen LogP contribution in [0, 0.1) is 17.6 Å². The van der Waals surface area contributed by atoms with Gasteiger partial charge in [-0.3, -0.25) is 4.79 Å². The van der Waals surface area contributed by atoms with E-state index >= 15 is 0 Å². The van der Waals surface area contributed by atoms with E-state index < -0.39 is 23.5 Å². The number of carboxylic acid groups (broad SMARTS) is 1. The van der Waals surface area contributed by atoms with Gasteiger partial charge in [-0.2, -0.15) is 0 Å². The van der Waals surface area contributed by atoms with E-state index in [9.17, 15) is 13.6 Å². The second-order valence-corrected chi connectivity index (χ2v) is 3.21. The molecule has 3 nitrogen and oxygen atoms in total. The summed E-state index contributed by atoms with van der Waals surface area (Å²) in [6.07, 6.45) is -0.102. The molecule has 1 atom stereocenters. The predicted octanol–water partition coefficient (Wildman–Crippen LogP) is 1.17. The highest BCUT2D eigenvalue weighted by Crippen LogP contribution is 2.14. The molecule has 0 spiro atoms. The van der Waals surface area contributed by atoms with Gasteiger partial charge in [-0.1, -0.05) is 0 Å². The highest BCUT2D eigenvalue weighted by atomic mass is 19.1. The number of halogens is 2. The molecule has 0 radical (unpaired) electrons. The smallest absolute Gasteiger partial charge is 0.308 e. The monoisotopic (exact) mass is 215 g/mol. The van der Waals surface area contributed by atoms with Gasteiger partial charge in [-0.05, 0) is 30.2 Å². The Morgan fingerprint density at radius 2 is 2.13 bits per heavy atom. The van der Waals surface area contributed by atoms with Crippen molar-refractivity contribution in [1.82, 2.24) is 0 Å². The first kappa shape index (κ1) is 11.6. The molecule has 0 amide bonds. The van der Waals surface area contributed by atoms with Crippen molar-refractivity contribution in [3.8, 4) is 0 Å². The topological polar surface area (TPSA) is 63.3 Å². The van der Waals surface area contributed by atoms with Gasteiger partial charge in [0.15, 0.2) is 0 Å². The number of nitrogens with two attached hydrogens (primary N) is 1. The van der Waals surface area contributed by atoms with Crippen molar-refractivity contribution in [2.75, 3.05) is 6.54 Å². The van der Waals surface area contributed by atoms with Gasteiger partial charge in [-0.25, -0.2) is 8.78 Å². The summed E-state index contributed by atoms with van der Waals surface area (Å²) in [5, 5.41) is 8.70. The number of hydrogen-bond donors (Lipinski definition) is 2. The zero-order valence-corrected chi connectivity index (χ0v) is 7.91. The molecule has 0 unspecified atom stereocenters. The maximum atomic E-state index is 13.1. The van der Waals surface area contributed by atoms with Gasteiger partial charge in [0.2, 0.25) is 0 Å². The lowest BCUT2D eigenvalue weighted by Gasteiger charge is -2.10. The lowest BCUT2D eigenvalue weighted by atomic mass is 9.99. The Hall–Kier alpha value is -1.49. The van der Waals surface area contributed by atoms with Crippen LogP contribution in [-0.4, -0.2) is 17.6 Å². The minimum Gasteiger partial charge on any atom is -0.481 e. The van der Waals surface area contributed by atoms with Crippen LogP contribution in [0.1, 0.15) is 5.56 Å². The van der Waals surface area contributed by atoms with Crippen LogP contribution in [0.25, 0.3) is 0 Å². The van der Waals surface area contributed by atoms with Gasteiger partial charge < -0.3 is 10.8 Å². The zero-order valence-electron chi connectivity index (χ0n) is 7.91. The van der Waals surface area contributed by atoms with E-state index in [1.165, 1.54) is 0 Å². The molecule has 3 N–H and O–H groups in total. The van der Waals surface area contributed by atoms with Crippen molar-refractivity contribution in [2.24, 2.45) is 11.7 Å². The Bertz CT molecular complexity index is 368. The molecule has 0 aliphatic carbocycles. The maximum Gasteiger partial charge on any atom is 0.308 e. The van der Waals surface area contributed by atoms with Crippen LogP contribution in [-0.2, 0) is 11.2 Å². The van der Waals surface area contributed by atoms with Crippen LogP contribution in [0.5, 0.6) is 0 Å². The fraction of sp³-hybridized carbons (Fsp3) is 0.300. The van der Waals surface area contributed by atoms with Gasteiger partial charge in [0.1, 0.15) is 11.6 Å². The summed E-state index contributed by atoms with van der Waals surface area (Å²) in [5.74, 6) is -3.20. The Morgan fingerprint density at radius 1 is 1.47 bits per heavy atom. The Kier molecular flexibility index (Phi) is 3.74. The largest absolute Gasteiger partial charge is 0.481 e. The van der Waals surface area contributed by atoms with Crippen molar-refractivity contribution < 1.29 is 18.7 Å². The summed E-state index contributed by atoms with van der Waals surface area (Å²) in [6, 6.07) is 2.94. The molecule has 1 rings (SSSR count). The summed E-state index contributed by atoms with van der Waals surface area (Å²) in [6.45, 7) is -0.106. The summed E-state index contributed by atoms with van der Waals surface area (Å²) in [7, 11) is 0. The summed E-state index contributed by atoms with van der Waals surface area (Å²) in [5.41, 5.74) is 5.25. The van der Waals surface area contributed by atoms with Gasteiger partial charge in [0.25, 0.3) is 0 Å². The Balaban J connectivity index is 2.87. The molecule has 0 saturated carbocycles. The Labute approximate surface area is 85.5 Å². The van der Waals surface area contributed by atoms with Crippen LogP contribution < -0.4 is 5.73 Å². The third kappa shape index (κ3) is 2.99. The van der Waals surface area contributed by atoms with Crippen molar-refractivity contribution in [2.45, 2.75) is 6.42 Å². The summed E-state index contributed by atoms with van der Waals surface area (Å²) >= 11 is 0. The van der Waals surface area contributed by atoms with E-state index in [0.29, 0.717) is 0 Å². The molecular weight excluding hydrogens is 204 g/mol. The molecular formula is C10H11F2NO2. The molecule has 0 heterocycles. The van der Waals surface area contributed by atoms with Crippen molar-refractivity contribution in [3.63, 3.8) is 0 Å². The third-order valence-electron chi connectivity index (χ3n) is 2.11. The van der Waals surface area contributed by atoms with Gasteiger partial charge in [0.05, 0.1) is 5.92 Å². The van der Waals surface area contributed by atoms with E-state index in [4.69, 9.17) is 10.8 Å². The van der Waals surface area contributed by atoms with Gasteiger partial charge in [-0.15, -0.1) is 0 Å². The predicted molar refractivity (Wildman–Crippen MR) is 50.2 cm³/mol. The highest BCUT2D eigenvalue weighted by molar-refractivity contribution is 5.70. The minimum atomic E-state index is -1.11. The third-order valence-corrected chi connectivity index (χ3v) is 2.11.